The van der Waals surface area contributed by atoms with Gasteiger partial charge in [0.25, 0.3) is 21.9 Å². The Labute approximate surface area is 193 Å². The number of hydrogen-bond donors (Lipinski definition) is 2. The van der Waals surface area contributed by atoms with Crippen molar-refractivity contribution in [3.8, 4) is 0 Å². The first-order chi connectivity index (χ1) is 14.5. The summed E-state index contributed by atoms with van der Waals surface area (Å²) in [5, 5.41) is -0.740. The zero-order chi connectivity index (χ0) is 24.2. The van der Waals surface area contributed by atoms with E-state index in [2.05, 4.69) is 25.6 Å². The van der Waals surface area contributed by atoms with Crippen molar-refractivity contribution in [3.05, 3.63) is 44.1 Å². The number of rotatable bonds is 4. The standard InChI is InChI=1S/C18H16BrClF5N3O3S/c1-8-14(16(29)28-4-3-17(21,22)7-28)15(9(2)26-8)32(30,31)27-13-6-12(20)10(5-11(13)19)18(23,24)25/h5-6,26-27H,3-4,7H2,1-2H3. The summed E-state index contributed by atoms with van der Waals surface area (Å²) in [5.41, 5.74) is -1.59. The molecule has 3 rings (SSSR count). The number of amides is 1. The van der Waals surface area contributed by atoms with E-state index in [0.717, 1.165) is 11.0 Å². The molecule has 2 aromatic rings. The van der Waals surface area contributed by atoms with Crippen LogP contribution in [0.5, 0.6) is 0 Å². The van der Waals surface area contributed by atoms with Crippen molar-refractivity contribution < 1.29 is 35.2 Å². The summed E-state index contributed by atoms with van der Waals surface area (Å²) in [7, 11) is -4.53. The first-order valence-corrected chi connectivity index (χ1v) is 11.6. The summed E-state index contributed by atoms with van der Waals surface area (Å²) in [6, 6.07) is 1.40. The molecule has 0 bridgehead atoms. The lowest BCUT2D eigenvalue weighted by Gasteiger charge is -2.18. The number of alkyl halides is 5. The average Bonchev–Trinajstić information content (AvgIpc) is 3.14. The van der Waals surface area contributed by atoms with Crippen molar-refractivity contribution in [2.24, 2.45) is 0 Å². The van der Waals surface area contributed by atoms with Gasteiger partial charge in [-0.25, -0.2) is 17.2 Å². The number of carbonyl (C=O) groups is 1. The minimum absolute atomic E-state index is 0.0541. The number of carbonyl (C=O) groups excluding carboxylic acids is 1. The molecule has 2 heterocycles. The second kappa shape index (κ2) is 8.17. The normalized spacial score (nSPS) is 16.5. The fourth-order valence-corrected chi connectivity index (χ4v) is 5.83. The molecule has 0 spiro atoms. The Kier molecular flexibility index (Phi) is 6.33. The molecule has 0 radical (unpaired) electrons. The van der Waals surface area contributed by atoms with Crippen molar-refractivity contribution in [2.75, 3.05) is 17.8 Å². The summed E-state index contributed by atoms with van der Waals surface area (Å²) in [6.07, 6.45) is -5.30. The second-order valence-corrected chi connectivity index (χ2v) is 10.2. The highest BCUT2D eigenvalue weighted by Crippen LogP contribution is 2.40. The number of halogens is 7. The van der Waals surface area contributed by atoms with E-state index in [1.54, 1.807) is 0 Å². The van der Waals surface area contributed by atoms with Crippen molar-refractivity contribution in [1.82, 2.24) is 9.88 Å². The molecule has 1 saturated heterocycles. The predicted octanol–water partition coefficient (Wildman–Crippen LogP) is 5.35. The molecule has 1 aromatic carbocycles. The van der Waals surface area contributed by atoms with Gasteiger partial charge in [-0.1, -0.05) is 11.6 Å². The lowest BCUT2D eigenvalue weighted by atomic mass is 10.2. The van der Waals surface area contributed by atoms with Gasteiger partial charge in [-0.05, 0) is 41.9 Å². The van der Waals surface area contributed by atoms with Crippen LogP contribution < -0.4 is 4.72 Å². The lowest BCUT2D eigenvalue weighted by molar-refractivity contribution is -0.137. The molecule has 0 aliphatic carbocycles. The van der Waals surface area contributed by atoms with Crippen LogP contribution in [0.4, 0.5) is 27.6 Å². The van der Waals surface area contributed by atoms with Gasteiger partial charge >= 0.3 is 6.18 Å². The molecule has 176 valence electrons. The maximum absolute atomic E-state index is 13.6. The molecule has 0 unspecified atom stereocenters. The Morgan fingerprint density at radius 2 is 1.88 bits per heavy atom. The number of aromatic amines is 1. The quantitative estimate of drug-likeness (QED) is 0.492. The third kappa shape index (κ3) is 4.74. The van der Waals surface area contributed by atoms with E-state index in [-0.39, 0.29) is 33.7 Å². The second-order valence-electron chi connectivity index (χ2n) is 7.33. The average molecular weight is 565 g/mol. The SMILES string of the molecule is Cc1[nH]c(C)c(S(=O)(=O)Nc2cc(Cl)c(C(F)(F)F)cc2Br)c1C(=O)N1CCC(F)(F)C1. The number of nitrogens with one attached hydrogen (secondary N) is 2. The van der Waals surface area contributed by atoms with Crippen LogP contribution in [-0.2, 0) is 16.2 Å². The molecule has 2 N–H and O–H groups in total. The number of anilines is 1. The molecule has 0 atom stereocenters. The van der Waals surface area contributed by atoms with E-state index in [0.29, 0.717) is 6.07 Å². The number of sulfonamides is 1. The molecule has 1 amide bonds. The third-order valence-corrected chi connectivity index (χ3v) is 7.37. The first kappa shape index (κ1) is 24.8. The summed E-state index contributed by atoms with van der Waals surface area (Å²) < 4.78 is 94.3. The Morgan fingerprint density at radius 3 is 2.41 bits per heavy atom. The fourth-order valence-electron chi connectivity index (χ4n) is 3.46. The van der Waals surface area contributed by atoms with Gasteiger partial charge in [0, 0.05) is 28.8 Å². The zero-order valence-corrected chi connectivity index (χ0v) is 19.7. The van der Waals surface area contributed by atoms with Crippen LogP contribution in [0.25, 0.3) is 0 Å². The summed E-state index contributed by atoms with van der Waals surface area (Å²) in [6.45, 7) is 1.69. The van der Waals surface area contributed by atoms with E-state index in [1.165, 1.54) is 13.8 Å². The summed E-state index contributed by atoms with van der Waals surface area (Å²) in [5.74, 6) is -3.97. The molecule has 6 nitrogen and oxygen atoms in total. The monoisotopic (exact) mass is 563 g/mol. The molecule has 1 aliphatic heterocycles. The van der Waals surface area contributed by atoms with Crippen LogP contribution in [0, 0.1) is 13.8 Å². The van der Waals surface area contributed by atoms with Crippen LogP contribution in [0.2, 0.25) is 5.02 Å². The van der Waals surface area contributed by atoms with Gasteiger partial charge in [-0.15, -0.1) is 0 Å². The van der Waals surface area contributed by atoms with Crippen LogP contribution >= 0.6 is 27.5 Å². The fraction of sp³-hybridized carbons (Fsp3) is 0.389. The van der Waals surface area contributed by atoms with Crippen molar-refractivity contribution in [3.63, 3.8) is 0 Å². The van der Waals surface area contributed by atoms with Gasteiger partial charge in [-0.2, -0.15) is 13.2 Å². The Hall–Kier alpha value is -1.86. The van der Waals surface area contributed by atoms with Gasteiger partial charge in [0.2, 0.25) is 0 Å². The Balaban J connectivity index is 2.02. The molecule has 32 heavy (non-hydrogen) atoms. The van der Waals surface area contributed by atoms with Crippen LogP contribution in [0.1, 0.15) is 33.7 Å². The van der Waals surface area contributed by atoms with Gasteiger partial charge < -0.3 is 9.88 Å². The number of H-pyrrole nitrogens is 1. The maximum atomic E-state index is 13.6. The molecule has 0 saturated carbocycles. The smallest absolute Gasteiger partial charge is 0.361 e. The molecular formula is C18H16BrClF5N3O3S. The van der Waals surface area contributed by atoms with Crippen molar-refractivity contribution >= 4 is 49.1 Å². The topological polar surface area (TPSA) is 82.3 Å². The number of aryl methyl sites for hydroxylation is 2. The van der Waals surface area contributed by atoms with Crippen LogP contribution in [0.3, 0.4) is 0 Å². The molecule has 14 heteroatoms. The van der Waals surface area contributed by atoms with E-state index in [4.69, 9.17) is 11.6 Å². The molecule has 1 aromatic heterocycles. The number of likely N-dealkylation sites (tertiary alicyclic amines) is 1. The highest BCUT2D eigenvalue weighted by atomic mass is 79.9. The zero-order valence-electron chi connectivity index (χ0n) is 16.5. The maximum Gasteiger partial charge on any atom is 0.417 e. The highest BCUT2D eigenvalue weighted by Gasteiger charge is 2.42. The summed E-state index contributed by atoms with van der Waals surface area (Å²) >= 11 is 8.56. The van der Waals surface area contributed by atoms with Gasteiger partial charge in [0.05, 0.1) is 28.4 Å². The third-order valence-electron chi connectivity index (χ3n) is 4.86. The van der Waals surface area contributed by atoms with E-state index in [9.17, 15) is 35.2 Å². The van der Waals surface area contributed by atoms with E-state index < -0.39 is 56.5 Å². The van der Waals surface area contributed by atoms with E-state index >= 15 is 0 Å². The minimum atomic E-state index is -4.76. The predicted molar refractivity (Wildman–Crippen MR) is 111 cm³/mol. The van der Waals surface area contributed by atoms with Gasteiger partial charge in [0.15, 0.2) is 0 Å². The Morgan fingerprint density at radius 1 is 1.25 bits per heavy atom. The van der Waals surface area contributed by atoms with Gasteiger partial charge in [-0.3, -0.25) is 9.52 Å². The highest BCUT2D eigenvalue weighted by molar-refractivity contribution is 9.10. The first-order valence-electron chi connectivity index (χ1n) is 8.99. The number of benzene rings is 1. The van der Waals surface area contributed by atoms with Gasteiger partial charge in [0.1, 0.15) is 4.90 Å². The van der Waals surface area contributed by atoms with Crippen LogP contribution in [-0.4, -0.2) is 43.2 Å². The number of nitrogens with zero attached hydrogens (tertiary/aromatic N) is 1. The molecular weight excluding hydrogens is 549 g/mol. The van der Waals surface area contributed by atoms with Crippen LogP contribution in [0.15, 0.2) is 21.5 Å². The largest absolute Gasteiger partial charge is 0.417 e. The lowest BCUT2D eigenvalue weighted by Crippen LogP contribution is -2.32. The summed E-state index contributed by atoms with van der Waals surface area (Å²) in [4.78, 5) is 16.0. The number of hydrogen-bond acceptors (Lipinski definition) is 3. The van der Waals surface area contributed by atoms with E-state index in [1.807, 2.05) is 0 Å². The van der Waals surface area contributed by atoms with Crippen molar-refractivity contribution in [1.29, 1.82) is 0 Å². The molecule has 1 aliphatic rings. The number of aromatic nitrogens is 1. The molecule has 1 fully saturated rings. The minimum Gasteiger partial charge on any atom is -0.361 e. The van der Waals surface area contributed by atoms with Crippen molar-refractivity contribution in [2.45, 2.75) is 37.3 Å². The Bertz CT molecular complexity index is 1200.